The van der Waals surface area contributed by atoms with Crippen LogP contribution in [0, 0.1) is 41.9 Å². The van der Waals surface area contributed by atoms with Gasteiger partial charge in [-0.1, -0.05) is 59.8 Å². The number of hydrogen-bond donors (Lipinski definition) is 4. The van der Waals surface area contributed by atoms with Crippen molar-refractivity contribution in [2.45, 2.75) is 137 Å². The molecule has 376 valence electrons. The van der Waals surface area contributed by atoms with Gasteiger partial charge in [-0.2, -0.15) is 0 Å². The summed E-state index contributed by atoms with van der Waals surface area (Å²) in [6, 6.07) is 0. The maximum absolute atomic E-state index is 14.9. The second-order valence-electron chi connectivity index (χ2n) is 22.2. The molecule has 7 atom stereocenters. The molecule has 4 N–H and O–H groups in total. The summed E-state index contributed by atoms with van der Waals surface area (Å²) < 4.78 is 19.0. The normalized spacial score (nSPS) is 31.7. The minimum atomic E-state index is -1.87. The molecule has 7 aliphatic rings. The molecule has 5 bridgehead atoms. The van der Waals surface area contributed by atoms with Crippen molar-refractivity contribution in [3.63, 3.8) is 0 Å². The number of phenols is 2. The molecule has 7 heterocycles. The molecule has 0 aromatic heterocycles. The molecular weight excluding hydrogens is 877 g/mol. The Morgan fingerprint density at radius 2 is 1.59 bits per heavy atom. The van der Waals surface area contributed by atoms with E-state index in [0.717, 1.165) is 58.4 Å². The summed E-state index contributed by atoms with van der Waals surface area (Å²) >= 11 is 0. The SMILES string of the molecule is C/C1=C/C=C/C(C)C[C@@H](C)C(O)[C@@H](C)C(OC(=O)N2CCC3(CCN(C)CC3)CC2)[C@H](C)C/C=C/OC2(C)Oc3c(C)c(O)c4c(O)c(c5c(c4c3C2=O)NC2(CCN(CC(C)C)CC2)N=5)=NC1=O. The van der Waals surface area contributed by atoms with Crippen LogP contribution >= 0.6 is 0 Å². The number of aliphatic hydroxyl groups is 1. The summed E-state index contributed by atoms with van der Waals surface area (Å²) in [5.41, 5.74) is 0.449. The molecule has 2 aromatic rings. The number of ketones is 1. The number of carbonyl (C=O) groups excluding carboxylic acids is 3. The van der Waals surface area contributed by atoms with Gasteiger partial charge in [0.2, 0.25) is 0 Å². The summed E-state index contributed by atoms with van der Waals surface area (Å²) in [4.78, 5) is 59.1. The number of nitrogens with one attached hydrogen (secondary N) is 1. The predicted molar refractivity (Wildman–Crippen MR) is 265 cm³/mol. The van der Waals surface area contributed by atoms with Crippen LogP contribution in [0.25, 0.3) is 10.8 Å². The van der Waals surface area contributed by atoms with Gasteiger partial charge in [0.1, 0.15) is 34.0 Å². The molecule has 0 aliphatic carbocycles. The Hall–Kier alpha value is -4.99. The van der Waals surface area contributed by atoms with Gasteiger partial charge < -0.3 is 49.5 Å². The molecule has 9 rings (SSSR count). The van der Waals surface area contributed by atoms with E-state index < -0.39 is 47.0 Å². The third-order valence-electron chi connectivity index (χ3n) is 16.3. The van der Waals surface area contributed by atoms with Crippen LogP contribution < -0.4 is 20.8 Å². The van der Waals surface area contributed by atoms with Crippen molar-refractivity contribution < 1.29 is 43.9 Å². The first-order valence-corrected chi connectivity index (χ1v) is 25.5. The number of ether oxygens (including phenoxy) is 3. The number of likely N-dealkylation sites (tertiary alicyclic amines) is 3. The lowest BCUT2D eigenvalue weighted by molar-refractivity contribution is -0.114. The minimum absolute atomic E-state index is 0.0158. The summed E-state index contributed by atoms with van der Waals surface area (Å²) in [6.45, 7) is 23.0. The quantitative estimate of drug-likeness (QED) is 0.222. The number of Topliss-reactive ketones (excluding diaryl/α,β-unsaturated/α-hetero) is 1. The summed E-state index contributed by atoms with van der Waals surface area (Å²) in [6.07, 6.45) is 13.2. The van der Waals surface area contributed by atoms with Crippen molar-refractivity contribution in [1.29, 1.82) is 0 Å². The molecule has 3 fully saturated rings. The fourth-order valence-corrected chi connectivity index (χ4v) is 11.8. The topological polar surface area (TPSA) is 186 Å². The number of rotatable bonds is 3. The summed E-state index contributed by atoms with van der Waals surface area (Å²) in [7, 11) is 2.16. The second-order valence-corrected chi connectivity index (χ2v) is 22.2. The molecule has 4 unspecified atom stereocenters. The highest BCUT2D eigenvalue weighted by Gasteiger charge is 2.51. The Bertz CT molecular complexity index is 2550. The first-order valence-electron chi connectivity index (χ1n) is 25.5. The monoisotopic (exact) mass is 953 g/mol. The lowest BCUT2D eigenvalue weighted by Crippen LogP contribution is -2.49. The van der Waals surface area contributed by atoms with Gasteiger partial charge in [-0.25, -0.2) is 9.79 Å². The molecule has 3 saturated heterocycles. The van der Waals surface area contributed by atoms with Crippen molar-refractivity contribution in [1.82, 2.24) is 14.7 Å². The molecule has 7 aliphatic heterocycles. The Kier molecular flexibility index (Phi) is 14.4. The van der Waals surface area contributed by atoms with Gasteiger partial charge in [-0.05, 0) is 108 Å². The zero-order chi connectivity index (χ0) is 49.7. The first kappa shape index (κ1) is 50.4. The van der Waals surface area contributed by atoms with Crippen LogP contribution in [-0.4, -0.2) is 124 Å². The minimum Gasteiger partial charge on any atom is -0.507 e. The van der Waals surface area contributed by atoms with Gasteiger partial charge in [0.15, 0.2) is 5.75 Å². The Balaban J connectivity index is 1.15. The van der Waals surface area contributed by atoms with Crippen LogP contribution in [0.1, 0.15) is 123 Å². The number of aliphatic hydroxyl groups excluding tert-OH is 1. The average molecular weight is 953 g/mol. The smallest absolute Gasteiger partial charge is 0.410 e. The average Bonchev–Trinajstić information content (AvgIpc) is 3.81. The number of hydrogen-bond acceptors (Lipinski definition) is 13. The number of piperidine rings is 3. The first-order chi connectivity index (χ1) is 32.6. The number of fused-ring (bicyclic) bond motifs is 13. The number of anilines is 1. The Morgan fingerprint density at radius 1 is 0.928 bits per heavy atom. The van der Waals surface area contributed by atoms with Gasteiger partial charge in [-0.3, -0.25) is 14.6 Å². The molecular formula is C54H76N6O9. The van der Waals surface area contributed by atoms with Crippen molar-refractivity contribution in [3.8, 4) is 17.2 Å². The summed E-state index contributed by atoms with van der Waals surface area (Å²) in [5.74, 6) is -4.05. The summed E-state index contributed by atoms with van der Waals surface area (Å²) in [5, 5.41) is 40.0. The van der Waals surface area contributed by atoms with Crippen LogP contribution in [0.4, 0.5) is 10.5 Å². The molecule has 15 heteroatoms. The van der Waals surface area contributed by atoms with Crippen molar-refractivity contribution in [2.24, 2.45) is 45.0 Å². The number of nitrogens with zero attached hydrogens (tertiary/aromatic N) is 5. The van der Waals surface area contributed by atoms with Crippen molar-refractivity contribution >= 4 is 34.2 Å². The van der Waals surface area contributed by atoms with Gasteiger partial charge in [0, 0.05) is 74.9 Å². The van der Waals surface area contributed by atoms with Crippen LogP contribution in [0.2, 0.25) is 0 Å². The number of phenolic OH excluding ortho intramolecular Hbond substituents is 2. The highest BCUT2D eigenvalue weighted by atomic mass is 16.7. The number of carbonyl (C=O) groups is 3. The van der Waals surface area contributed by atoms with E-state index in [1.807, 2.05) is 31.7 Å². The number of allylic oxidation sites excluding steroid dienone is 4. The van der Waals surface area contributed by atoms with Crippen LogP contribution in [0.3, 0.4) is 0 Å². The molecule has 0 saturated carbocycles. The largest absolute Gasteiger partial charge is 0.507 e. The van der Waals surface area contributed by atoms with E-state index >= 15 is 0 Å². The third-order valence-corrected chi connectivity index (χ3v) is 16.3. The van der Waals surface area contributed by atoms with E-state index in [9.17, 15) is 29.7 Å². The fourth-order valence-electron chi connectivity index (χ4n) is 11.8. The number of amides is 2. The van der Waals surface area contributed by atoms with Gasteiger partial charge >= 0.3 is 11.9 Å². The van der Waals surface area contributed by atoms with E-state index in [2.05, 4.69) is 47.9 Å². The standard InChI is InChI=1S/C54H76N6O9/c1-31(2)30-59-24-20-54(21-25-59)56-41-38-39-45(62)37(8)48-40(38)49(64)52(9,69-48)67-28-12-15-33(4)47(68-51(66)60-26-18-53(19-27-60)16-22-58(10)23-17-53)36(7)44(61)35(6)29-32(3)13-11-14-34(5)50(65)55-43(46(39)63)42(41)57-54/h11-14,28,31-33,35-36,44,47,56,61-63H,15-27,29-30H2,1-10H3/b13-11+,28-12+,34-14-,55-43?/t32?,33-,35-,36-,44?,47?,52?/m1/s1. The zero-order valence-corrected chi connectivity index (χ0v) is 42.6. The van der Waals surface area contributed by atoms with Gasteiger partial charge in [0.05, 0.1) is 29.0 Å². The van der Waals surface area contributed by atoms with E-state index in [-0.39, 0.29) is 73.4 Å². The molecule has 15 nitrogen and oxygen atoms in total. The molecule has 2 spiro atoms. The van der Waals surface area contributed by atoms with Crippen LogP contribution in [0.5, 0.6) is 17.2 Å². The maximum Gasteiger partial charge on any atom is 0.410 e. The fraction of sp³-hybridized carbons (Fsp3) is 0.648. The van der Waals surface area contributed by atoms with E-state index in [1.54, 1.807) is 32.1 Å². The van der Waals surface area contributed by atoms with Crippen LogP contribution in [0.15, 0.2) is 46.1 Å². The van der Waals surface area contributed by atoms with Crippen molar-refractivity contribution in [2.75, 3.05) is 58.2 Å². The highest BCUT2D eigenvalue weighted by Crippen LogP contribution is 2.51. The van der Waals surface area contributed by atoms with Crippen LogP contribution in [-0.2, 0) is 14.3 Å². The molecule has 2 aromatic carbocycles. The second kappa shape index (κ2) is 19.7. The number of aromatic hydroxyl groups is 2. The van der Waals surface area contributed by atoms with E-state index in [4.69, 9.17) is 19.2 Å². The van der Waals surface area contributed by atoms with Crippen molar-refractivity contribution in [3.05, 3.63) is 58.0 Å². The lowest BCUT2D eigenvalue weighted by atomic mass is 9.71. The Labute approximate surface area is 407 Å². The maximum atomic E-state index is 14.9. The molecule has 0 radical (unpaired) electrons. The Morgan fingerprint density at radius 3 is 2.26 bits per heavy atom. The van der Waals surface area contributed by atoms with E-state index in [0.29, 0.717) is 56.0 Å². The lowest BCUT2D eigenvalue weighted by Gasteiger charge is -2.46. The third kappa shape index (κ3) is 9.89. The van der Waals surface area contributed by atoms with E-state index in [1.165, 1.54) is 13.2 Å². The van der Waals surface area contributed by atoms with Gasteiger partial charge in [0.25, 0.3) is 11.7 Å². The molecule has 69 heavy (non-hydrogen) atoms. The van der Waals surface area contributed by atoms with Gasteiger partial charge in [-0.15, -0.1) is 0 Å². The molecule has 2 amide bonds. The predicted octanol–water partition coefficient (Wildman–Crippen LogP) is 7.54. The number of benzene rings is 2. The highest BCUT2D eigenvalue weighted by molar-refractivity contribution is 6.21. The zero-order valence-electron chi connectivity index (χ0n) is 42.6.